The minimum Gasteiger partial charge on any atom is -0.507 e. The zero-order chi connectivity index (χ0) is 94.9. The molecule has 16 fully saturated rings. The fourth-order valence-corrected chi connectivity index (χ4v) is 31.9. The van der Waals surface area contributed by atoms with Crippen LogP contribution in [0, 0.1) is 45.3 Å². The molecule has 25 rings (SSSR count). The number of carbonyl (C=O) groups excluding carboxylic acids is 4. The van der Waals surface area contributed by atoms with E-state index in [-0.39, 0.29) is 165 Å². The molecule has 8 aromatic rings. The number of aromatic hydroxyl groups is 4. The first-order valence-electron chi connectivity index (χ1n) is 49.0. The highest BCUT2D eigenvalue weighted by molar-refractivity contribution is 5.91. The summed E-state index contributed by atoms with van der Waals surface area (Å²) < 4.78 is 76.3. The molecule has 24 bridgehead atoms. The van der Waals surface area contributed by atoms with Crippen LogP contribution in [0.3, 0.4) is 0 Å². The number of hydrogen-bond donors (Lipinski definition) is 8. The molecule has 8 aromatic carbocycles. The van der Waals surface area contributed by atoms with E-state index >= 15 is 0 Å². The second-order valence-electron chi connectivity index (χ2n) is 45.7. The highest BCUT2D eigenvalue weighted by Gasteiger charge is 2.66. The number of esters is 4. The van der Waals surface area contributed by atoms with Crippen LogP contribution in [0.2, 0.25) is 0 Å². The van der Waals surface area contributed by atoms with Gasteiger partial charge in [-0.25, -0.2) is 19.2 Å². The Balaban J connectivity index is 0.676. The Bertz CT molecular complexity index is 5210. The number of phenols is 4. The first-order valence-corrected chi connectivity index (χ1v) is 49.0. The van der Waals surface area contributed by atoms with E-state index in [4.69, 9.17) is 56.8 Å². The minimum atomic E-state index is -1.11. The van der Waals surface area contributed by atoms with Crippen molar-refractivity contribution >= 4 is 23.9 Å². The van der Waals surface area contributed by atoms with Gasteiger partial charge in [0, 0.05) is 118 Å². The van der Waals surface area contributed by atoms with E-state index in [2.05, 4.69) is 27.7 Å². The molecule has 17 aliphatic rings. The van der Waals surface area contributed by atoms with Crippen molar-refractivity contribution in [3.8, 4) is 46.0 Å². The van der Waals surface area contributed by atoms with Gasteiger partial charge >= 0.3 is 23.9 Å². The standard InChI is InChI=1S/C112H128O24/c1-101-41-65-45-105(121,53-101)61-109(49-65,57-101)133-29-25-129-97(117)73-17-9-69(10-18-73)93-77-33-82(90(126-6)37-85(77)113)95(71-13-21-75(22-14-71)99(119)131-27-31-135-111-51-67-43-103(3,59-111)55-107(123,47-67)63-111)79-35-84(92(128-8)39-87(79)115)96(72-15-23-76(24-16-72)100(120)132-28-32-136-112-52-68-44-104(4,60-112)56-108(124,48-68)64-112)80-36-83(91(127-7)40-88(80)116)94(78-34-81(93)89(125-5)38-86(78)114)70-11-19-74(20-12-70)98(118)130-26-30-134-110-50-66-42-102(2,58-110)54-106(122,46-66)62-110/h9-24,33-40,65-68,93-96,113-116,121-124H,25-32,41-64H2,1-8H3. The largest absolute Gasteiger partial charge is 0.507 e. The van der Waals surface area contributed by atoms with Crippen molar-refractivity contribution in [1.29, 1.82) is 0 Å². The van der Waals surface area contributed by atoms with E-state index in [0.717, 1.165) is 128 Å². The molecule has 20 atom stereocenters. The van der Waals surface area contributed by atoms with Crippen LogP contribution in [0.25, 0.3) is 0 Å². The lowest BCUT2D eigenvalue weighted by Gasteiger charge is -2.63. The highest BCUT2D eigenvalue weighted by Crippen LogP contribution is 2.69. The van der Waals surface area contributed by atoms with Crippen molar-refractivity contribution in [2.24, 2.45) is 45.3 Å². The summed E-state index contributed by atoms with van der Waals surface area (Å²) in [5.41, 5.74) is -0.0553. The number of rotatable bonds is 28. The number of carbonyl (C=O) groups is 4. The summed E-state index contributed by atoms with van der Waals surface area (Å²) in [6, 6.07) is 40.2. The lowest BCUT2D eigenvalue weighted by Crippen LogP contribution is -2.63. The van der Waals surface area contributed by atoms with Crippen LogP contribution in [-0.2, 0) is 37.9 Å². The zero-order valence-electron chi connectivity index (χ0n) is 79.2. The van der Waals surface area contributed by atoms with Gasteiger partial charge in [-0.15, -0.1) is 0 Å². The van der Waals surface area contributed by atoms with Crippen molar-refractivity contribution in [2.75, 3.05) is 81.3 Å². The molecule has 24 nitrogen and oxygen atoms in total. The third-order valence-corrected chi connectivity index (χ3v) is 33.9. The lowest BCUT2D eigenvalue weighted by atomic mass is 9.47. The summed E-state index contributed by atoms with van der Waals surface area (Å²) in [6.45, 7) is 9.27. The van der Waals surface area contributed by atoms with E-state index in [0.29, 0.717) is 93.9 Å². The Morgan fingerprint density at radius 1 is 0.257 bits per heavy atom. The van der Waals surface area contributed by atoms with Crippen LogP contribution in [0.1, 0.15) is 314 Å². The molecule has 16 saturated carbocycles. The summed E-state index contributed by atoms with van der Waals surface area (Å²) in [4.78, 5) is 57.8. The molecule has 24 heteroatoms. The van der Waals surface area contributed by atoms with E-state index in [9.17, 15) is 60.0 Å². The average molecular weight is 1860 g/mol. The summed E-state index contributed by atoms with van der Waals surface area (Å²) in [5.74, 6) is -6.00. The third kappa shape index (κ3) is 17.1. The van der Waals surface area contributed by atoms with E-state index in [1.54, 1.807) is 121 Å². The monoisotopic (exact) mass is 1860 g/mol. The summed E-state index contributed by atoms with van der Waals surface area (Å²) >= 11 is 0. The normalized spacial score (nSPS) is 34.6. The van der Waals surface area contributed by atoms with Crippen LogP contribution in [0.4, 0.5) is 0 Å². The Morgan fingerprint density at radius 3 is 0.632 bits per heavy atom. The molecule has 136 heavy (non-hydrogen) atoms. The van der Waals surface area contributed by atoms with Crippen LogP contribution < -0.4 is 18.9 Å². The second-order valence-corrected chi connectivity index (χ2v) is 45.7. The molecule has 720 valence electrons. The molecule has 20 unspecified atom stereocenters. The van der Waals surface area contributed by atoms with Crippen LogP contribution in [0.5, 0.6) is 46.0 Å². The Kier molecular flexibility index (Phi) is 22.9. The van der Waals surface area contributed by atoms with E-state index in [1.165, 1.54) is 52.7 Å². The molecular weight excluding hydrogens is 1730 g/mol. The van der Waals surface area contributed by atoms with Crippen molar-refractivity contribution in [1.82, 2.24) is 0 Å². The highest BCUT2D eigenvalue weighted by atomic mass is 16.6. The fraction of sp³-hybridized carbons (Fsp3) is 0.536. The third-order valence-electron chi connectivity index (χ3n) is 33.9. The lowest BCUT2D eigenvalue weighted by molar-refractivity contribution is -0.245. The molecule has 0 heterocycles. The van der Waals surface area contributed by atoms with Gasteiger partial charge in [0.25, 0.3) is 0 Å². The molecule has 0 amide bonds. The Labute approximate surface area is 793 Å². The van der Waals surface area contributed by atoms with Gasteiger partial charge < -0.3 is 97.7 Å². The molecule has 0 saturated heterocycles. The number of hydrogen-bond acceptors (Lipinski definition) is 24. The summed E-state index contributed by atoms with van der Waals surface area (Å²) in [6.07, 6.45) is 19.1. The molecule has 8 N–H and O–H groups in total. The van der Waals surface area contributed by atoms with Crippen molar-refractivity contribution in [3.63, 3.8) is 0 Å². The predicted octanol–water partition coefficient (Wildman–Crippen LogP) is 18.2. The van der Waals surface area contributed by atoms with Crippen molar-refractivity contribution in [3.05, 3.63) is 235 Å². The molecule has 17 aliphatic carbocycles. The topological polar surface area (TPSA) is 341 Å². The van der Waals surface area contributed by atoms with Gasteiger partial charge in [-0.1, -0.05) is 76.2 Å². The summed E-state index contributed by atoms with van der Waals surface area (Å²) in [7, 11) is 5.85. The van der Waals surface area contributed by atoms with Crippen LogP contribution in [-0.4, -0.2) is 191 Å². The predicted molar refractivity (Wildman–Crippen MR) is 501 cm³/mol. The number of benzene rings is 8. The van der Waals surface area contributed by atoms with Gasteiger partial charge in [0.1, 0.15) is 72.4 Å². The smallest absolute Gasteiger partial charge is 0.338 e. The van der Waals surface area contributed by atoms with E-state index in [1.807, 2.05) is 0 Å². The van der Waals surface area contributed by atoms with Crippen LogP contribution >= 0.6 is 0 Å². The number of phenolic OH excluding ortho intramolecular Hbond substituents is 4. The van der Waals surface area contributed by atoms with Crippen LogP contribution in [0.15, 0.2) is 146 Å². The first-order chi connectivity index (χ1) is 64.8. The maximum atomic E-state index is 14.5. The Hall–Kier alpha value is -10.3. The molecule has 0 aromatic heterocycles. The average Bonchev–Trinajstić information content (AvgIpc) is 0.708. The molecule has 0 aliphatic heterocycles. The van der Waals surface area contributed by atoms with Gasteiger partial charge in [-0.3, -0.25) is 0 Å². The van der Waals surface area contributed by atoms with Gasteiger partial charge in [0.05, 0.1) is 122 Å². The maximum Gasteiger partial charge on any atom is 0.338 e. The number of aliphatic hydroxyl groups is 4. The quantitative estimate of drug-likeness (QED) is 0.0128. The van der Waals surface area contributed by atoms with Gasteiger partial charge in [-0.05, 0) is 269 Å². The second kappa shape index (κ2) is 33.8. The van der Waals surface area contributed by atoms with Gasteiger partial charge in [0.2, 0.25) is 0 Å². The fourth-order valence-electron chi connectivity index (χ4n) is 31.9. The van der Waals surface area contributed by atoms with Crippen molar-refractivity contribution in [2.45, 2.75) is 250 Å². The summed E-state index contributed by atoms with van der Waals surface area (Å²) in [5, 5.41) is 99.8. The number of methoxy groups -OCH3 is 4. The first kappa shape index (κ1) is 92.1. The van der Waals surface area contributed by atoms with Gasteiger partial charge in [-0.2, -0.15) is 0 Å². The maximum absolute atomic E-state index is 14.5. The van der Waals surface area contributed by atoms with Gasteiger partial charge in [0.15, 0.2) is 0 Å². The SMILES string of the molecule is COc1cc(O)c2cc1C(c1ccc(C(=O)OCCOC34CC5CC(C)(CC(O)(C5)C3)C4)cc1)c1cc(c(OC)cc1O)C(c1ccc(C(=O)OCCOC34CC5CC(C)(CC(O)(C5)C3)C4)cc1)c1cc(c(OC)cc1O)C(c1ccc(C(=O)OCCOC34CC5CC(C)(CC(O)(C5)C3)C4)cc1)c1cc(c(OC)cc1O)C2c1ccc(C(=O)OCCOC23CC4CC(C)(CC(O)(C4)C2)C3)cc1. The molecule has 0 radical (unpaired) electrons. The van der Waals surface area contributed by atoms with E-state index < -0.39 is 92.4 Å². The minimum absolute atomic E-state index is 0.0322. The number of ether oxygens (including phenoxy) is 12. The zero-order valence-corrected chi connectivity index (χ0v) is 79.2. The Morgan fingerprint density at radius 2 is 0.456 bits per heavy atom. The van der Waals surface area contributed by atoms with Crippen molar-refractivity contribution < 1.29 is 117 Å². The number of fused-ring (bicyclic) bond motifs is 8. The molecule has 0 spiro atoms. The molecular formula is C112H128O24.